The fraction of sp³-hybridized carbons (Fsp3) is 0.231. The molecule has 0 aliphatic rings. The van der Waals surface area contributed by atoms with Crippen molar-refractivity contribution in [2.75, 3.05) is 7.05 Å². The van der Waals surface area contributed by atoms with Crippen LogP contribution >= 0.6 is 38.9 Å². The van der Waals surface area contributed by atoms with Gasteiger partial charge in [-0.05, 0) is 35.1 Å². The average Bonchev–Trinajstić information content (AvgIpc) is 2.71. The molecule has 0 bridgehead atoms. The van der Waals surface area contributed by atoms with Crippen LogP contribution in [0.2, 0.25) is 4.34 Å². The van der Waals surface area contributed by atoms with Gasteiger partial charge in [0.15, 0.2) is 0 Å². The standard InChI is InChI=1S/C13H9BrClF4NS/c1-20-11(9-5-8(14)12(15)21-9)6-3-2-4-7(10(6)16)13(17,18)19/h2-5,11,20H,1H3. The van der Waals surface area contributed by atoms with Crippen molar-refractivity contribution in [1.82, 2.24) is 5.32 Å². The summed E-state index contributed by atoms with van der Waals surface area (Å²) in [5.41, 5.74) is -1.35. The average molecular weight is 403 g/mol. The predicted octanol–water partition coefficient (Wildman–Crippen LogP) is 5.63. The molecular weight excluding hydrogens is 394 g/mol. The van der Waals surface area contributed by atoms with Crippen LogP contribution in [0.4, 0.5) is 17.6 Å². The van der Waals surface area contributed by atoms with E-state index in [2.05, 4.69) is 21.2 Å². The molecule has 0 radical (unpaired) electrons. The van der Waals surface area contributed by atoms with Gasteiger partial charge >= 0.3 is 6.18 Å². The van der Waals surface area contributed by atoms with Gasteiger partial charge in [-0.1, -0.05) is 23.7 Å². The van der Waals surface area contributed by atoms with Crippen molar-refractivity contribution in [3.63, 3.8) is 0 Å². The first-order valence-corrected chi connectivity index (χ1v) is 7.72. The van der Waals surface area contributed by atoms with E-state index >= 15 is 0 Å². The van der Waals surface area contributed by atoms with Crippen LogP contribution in [0, 0.1) is 5.82 Å². The van der Waals surface area contributed by atoms with Crippen LogP contribution in [-0.2, 0) is 6.18 Å². The topological polar surface area (TPSA) is 12.0 Å². The maximum absolute atomic E-state index is 14.2. The van der Waals surface area contributed by atoms with E-state index in [1.165, 1.54) is 23.5 Å². The first-order valence-electron chi connectivity index (χ1n) is 5.73. The number of hydrogen-bond acceptors (Lipinski definition) is 2. The molecule has 1 nitrogen and oxygen atoms in total. The molecule has 1 atom stereocenters. The lowest BCUT2D eigenvalue weighted by atomic mass is 10.0. The molecule has 1 heterocycles. The molecule has 1 N–H and O–H groups in total. The Labute approximate surface area is 136 Å². The number of benzene rings is 1. The molecule has 114 valence electrons. The quantitative estimate of drug-likeness (QED) is 0.656. The summed E-state index contributed by atoms with van der Waals surface area (Å²) in [6.07, 6.45) is -4.73. The van der Waals surface area contributed by atoms with Gasteiger partial charge in [0, 0.05) is 14.9 Å². The molecule has 0 saturated carbocycles. The lowest BCUT2D eigenvalue weighted by molar-refractivity contribution is -0.140. The van der Waals surface area contributed by atoms with Crippen molar-refractivity contribution < 1.29 is 17.6 Å². The van der Waals surface area contributed by atoms with E-state index in [1.807, 2.05) is 0 Å². The minimum atomic E-state index is -4.73. The predicted molar refractivity (Wildman–Crippen MR) is 79.3 cm³/mol. The number of rotatable bonds is 3. The summed E-state index contributed by atoms with van der Waals surface area (Å²) in [6, 6.07) is 4.20. The molecular formula is C13H9BrClF4NS. The van der Waals surface area contributed by atoms with Gasteiger partial charge in [-0.15, -0.1) is 11.3 Å². The Hall–Kier alpha value is -0.630. The van der Waals surface area contributed by atoms with E-state index in [0.29, 0.717) is 13.7 Å². The number of thiophene rings is 1. The fourth-order valence-electron chi connectivity index (χ4n) is 1.95. The van der Waals surface area contributed by atoms with Crippen molar-refractivity contribution >= 4 is 38.9 Å². The maximum atomic E-state index is 14.2. The third kappa shape index (κ3) is 3.41. The molecule has 0 saturated heterocycles. The summed E-state index contributed by atoms with van der Waals surface area (Å²) in [4.78, 5) is 0.618. The summed E-state index contributed by atoms with van der Waals surface area (Å²) < 4.78 is 53.6. The zero-order valence-electron chi connectivity index (χ0n) is 10.6. The highest BCUT2D eigenvalue weighted by Gasteiger charge is 2.36. The van der Waals surface area contributed by atoms with Gasteiger partial charge < -0.3 is 5.32 Å². The van der Waals surface area contributed by atoms with Crippen LogP contribution in [0.25, 0.3) is 0 Å². The highest BCUT2D eigenvalue weighted by atomic mass is 79.9. The summed E-state index contributed by atoms with van der Waals surface area (Å²) >= 11 is 10.3. The van der Waals surface area contributed by atoms with E-state index in [9.17, 15) is 17.6 Å². The van der Waals surface area contributed by atoms with Crippen LogP contribution in [0.15, 0.2) is 28.7 Å². The first kappa shape index (κ1) is 16.7. The summed E-state index contributed by atoms with van der Waals surface area (Å²) in [7, 11) is 1.55. The molecule has 1 aromatic carbocycles. The highest BCUT2D eigenvalue weighted by Crippen LogP contribution is 2.40. The second-order valence-corrected chi connectivity index (χ2v) is 6.74. The van der Waals surface area contributed by atoms with E-state index in [1.54, 1.807) is 13.1 Å². The molecule has 1 unspecified atom stereocenters. The fourth-order valence-corrected chi connectivity index (χ4v) is 3.81. The van der Waals surface area contributed by atoms with Gasteiger partial charge in [0.2, 0.25) is 0 Å². The van der Waals surface area contributed by atoms with Gasteiger partial charge in [-0.2, -0.15) is 13.2 Å². The van der Waals surface area contributed by atoms with Gasteiger partial charge in [0.05, 0.1) is 11.6 Å². The zero-order valence-corrected chi connectivity index (χ0v) is 13.7. The second kappa shape index (κ2) is 6.24. The van der Waals surface area contributed by atoms with Crippen molar-refractivity contribution in [3.8, 4) is 0 Å². The zero-order chi connectivity index (χ0) is 15.8. The third-order valence-corrected chi connectivity index (χ3v) is 5.42. The lowest BCUT2D eigenvalue weighted by Crippen LogP contribution is -2.20. The largest absolute Gasteiger partial charge is 0.419 e. The van der Waals surface area contributed by atoms with Crippen LogP contribution in [0.1, 0.15) is 22.0 Å². The van der Waals surface area contributed by atoms with E-state index in [4.69, 9.17) is 11.6 Å². The summed E-state index contributed by atoms with van der Waals surface area (Å²) in [5.74, 6) is -1.27. The molecule has 0 spiro atoms. The van der Waals surface area contributed by atoms with Crippen LogP contribution in [0.5, 0.6) is 0 Å². The molecule has 0 amide bonds. The normalized spacial score (nSPS) is 13.5. The molecule has 21 heavy (non-hydrogen) atoms. The number of hydrogen-bond donors (Lipinski definition) is 1. The minimum absolute atomic E-state index is 0.0715. The summed E-state index contributed by atoms with van der Waals surface area (Å²) in [6.45, 7) is 0. The Morgan fingerprint density at radius 3 is 2.48 bits per heavy atom. The lowest BCUT2D eigenvalue weighted by Gasteiger charge is -2.18. The Bertz CT molecular complexity index is 637. The van der Waals surface area contributed by atoms with Crippen LogP contribution in [0.3, 0.4) is 0 Å². The molecule has 2 aromatic rings. The molecule has 0 aliphatic carbocycles. The van der Waals surface area contributed by atoms with E-state index in [-0.39, 0.29) is 5.56 Å². The van der Waals surface area contributed by atoms with Crippen molar-refractivity contribution in [3.05, 3.63) is 54.9 Å². The van der Waals surface area contributed by atoms with Gasteiger partial charge in [0.25, 0.3) is 0 Å². The Balaban J connectivity index is 2.53. The van der Waals surface area contributed by atoms with Gasteiger partial charge in [0.1, 0.15) is 10.2 Å². The Kier molecular flexibility index (Phi) is 4.97. The molecule has 1 aromatic heterocycles. The van der Waals surface area contributed by atoms with Gasteiger partial charge in [-0.3, -0.25) is 0 Å². The van der Waals surface area contributed by atoms with Crippen LogP contribution < -0.4 is 5.32 Å². The van der Waals surface area contributed by atoms with Crippen molar-refractivity contribution in [2.24, 2.45) is 0 Å². The number of alkyl halides is 3. The maximum Gasteiger partial charge on any atom is 0.419 e. The monoisotopic (exact) mass is 401 g/mol. The SMILES string of the molecule is CNC(c1cc(Br)c(Cl)s1)c1cccc(C(F)(F)F)c1F. The smallest absolute Gasteiger partial charge is 0.309 e. The van der Waals surface area contributed by atoms with Crippen molar-refractivity contribution in [2.45, 2.75) is 12.2 Å². The minimum Gasteiger partial charge on any atom is -0.309 e. The first-order chi connectivity index (χ1) is 9.75. The van der Waals surface area contributed by atoms with Crippen molar-refractivity contribution in [1.29, 1.82) is 0 Å². The Morgan fingerprint density at radius 1 is 1.33 bits per heavy atom. The molecule has 0 fully saturated rings. The highest BCUT2D eigenvalue weighted by molar-refractivity contribution is 9.10. The number of halogens is 6. The van der Waals surface area contributed by atoms with Crippen LogP contribution in [-0.4, -0.2) is 7.05 Å². The Morgan fingerprint density at radius 2 is 2.00 bits per heavy atom. The molecule has 0 aliphatic heterocycles. The molecule has 2 rings (SSSR count). The second-order valence-electron chi connectivity index (χ2n) is 4.20. The summed E-state index contributed by atoms with van der Waals surface area (Å²) in [5, 5.41) is 2.82. The third-order valence-electron chi connectivity index (χ3n) is 2.88. The van der Waals surface area contributed by atoms with E-state index < -0.39 is 23.6 Å². The van der Waals surface area contributed by atoms with Gasteiger partial charge in [-0.25, -0.2) is 4.39 Å². The van der Waals surface area contributed by atoms with E-state index in [0.717, 1.165) is 6.07 Å². The number of nitrogens with one attached hydrogen (secondary N) is 1. The molecule has 8 heteroatoms.